The van der Waals surface area contributed by atoms with Crippen molar-refractivity contribution in [3.63, 3.8) is 0 Å². The zero-order valence-corrected chi connectivity index (χ0v) is 19.8. The van der Waals surface area contributed by atoms with E-state index in [0.717, 1.165) is 28.2 Å². The molecule has 180 valence electrons. The molecule has 2 aromatic heterocycles. The minimum Gasteiger partial charge on any atom is -0.497 e. The van der Waals surface area contributed by atoms with Crippen molar-refractivity contribution in [2.75, 3.05) is 14.2 Å². The molecule has 8 heteroatoms. The van der Waals surface area contributed by atoms with Crippen molar-refractivity contribution in [3.8, 4) is 11.5 Å². The zero-order valence-electron chi connectivity index (χ0n) is 19.8. The maximum absolute atomic E-state index is 12.5. The van der Waals surface area contributed by atoms with Gasteiger partial charge in [-0.25, -0.2) is 4.98 Å². The van der Waals surface area contributed by atoms with Crippen molar-refractivity contribution < 1.29 is 18.7 Å². The quantitative estimate of drug-likeness (QED) is 0.350. The molecule has 2 heterocycles. The first-order valence-electron chi connectivity index (χ1n) is 11.2. The van der Waals surface area contributed by atoms with Crippen LogP contribution < -0.4 is 14.8 Å². The fraction of sp³-hybridized carbons (Fsp3) is 0.222. The summed E-state index contributed by atoms with van der Waals surface area (Å²) >= 11 is 0. The third-order valence-corrected chi connectivity index (χ3v) is 5.46. The van der Waals surface area contributed by atoms with Gasteiger partial charge >= 0.3 is 0 Å². The first-order chi connectivity index (χ1) is 17.1. The summed E-state index contributed by atoms with van der Waals surface area (Å²) in [6, 6.07) is 19.7. The summed E-state index contributed by atoms with van der Waals surface area (Å²) in [6.45, 7) is 2.04. The molecule has 0 aliphatic carbocycles. The van der Waals surface area contributed by atoms with E-state index >= 15 is 0 Å². The van der Waals surface area contributed by atoms with Crippen LogP contribution >= 0.6 is 0 Å². The lowest BCUT2D eigenvalue weighted by molar-refractivity contribution is 0.0945. The van der Waals surface area contributed by atoms with Crippen LogP contribution in [0.15, 0.2) is 83.7 Å². The van der Waals surface area contributed by atoms with Gasteiger partial charge in [-0.15, -0.1) is 0 Å². The predicted molar refractivity (Wildman–Crippen MR) is 131 cm³/mol. The number of carbonyl (C=O) groups is 1. The topological polar surface area (TPSA) is 89.7 Å². The van der Waals surface area contributed by atoms with Gasteiger partial charge in [-0.3, -0.25) is 14.7 Å². The van der Waals surface area contributed by atoms with Crippen LogP contribution in [0.25, 0.3) is 0 Å². The number of amides is 1. The highest BCUT2D eigenvalue weighted by Gasteiger charge is 2.17. The third kappa shape index (κ3) is 6.68. The molecule has 0 unspecified atom stereocenters. The van der Waals surface area contributed by atoms with Crippen molar-refractivity contribution >= 4 is 5.91 Å². The molecule has 0 saturated carbocycles. The molecule has 1 amide bonds. The second-order valence-corrected chi connectivity index (χ2v) is 7.98. The number of methoxy groups -OCH3 is 2. The Labute approximate surface area is 204 Å². The molecule has 0 spiro atoms. The van der Waals surface area contributed by atoms with E-state index in [9.17, 15) is 4.79 Å². The predicted octanol–water partition coefficient (Wildman–Crippen LogP) is 4.22. The molecule has 8 nitrogen and oxygen atoms in total. The van der Waals surface area contributed by atoms with E-state index in [1.807, 2.05) is 48.5 Å². The number of benzene rings is 2. The summed E-state index contributed by atoms with van der Waals surface area (Å²) in [4.78, 5) is 23.2. The van der Waals surface area contributed by atoms with Crippen LogP contribution in [0, 0.1) is 0 Å². The monoisotopic (exact) mass is 472 g/mol. The summed E-state index contributed by atoms with van der Waals surface area (Å²) in [6.07, 6.45) is 4.80. The number of carbonyl (C=O) groups excluding carboxylic acids is 1. The number of pyridine rings is 1. The number of aromatic nitrogens is 2. The largest absolute Gasteiger partial charge is 0.497 e. The molecule has 0 aliphatic rings. The zero-order chi connectivity index (χ0) is 24.5. The third-order valence-electron chi connectivity index (χ3n) is 5.46. The Morgan fingerprint density at radius 1 is 0.971 bits per heavy atom. The van der Waals surface area contributed by atoms with Gasteiger partial charge < -0.3 is 19.2 Å². The normalized spacial score (nSPS) is 10.8. The van der Waals surface area contributed by atoms with E-state index in [0.29, 0.717) is 32.1 Å². The van der Waals surface area contributed by atoms with E-state index in [2.05, 4.69) is 32.3 Å². The Morgan fingerprint density at radius 2 is 1.80 bits per heavy atom. The Kier molecular flexibility index (Phi) is 8.08. The minimum atomic E-state index is -0.296. The standard InChI is InChI=1S/C27H28N4O4/c1-33-23-11-10-22(25(13-23)34-2)17-31(16-20-7-4-3-5-8-20)18-26-30-24(19-35-26)27(32)29-15-21-9-6-12-28-14-21/h3-14,19H,15-18H2,1-2H3,(H,29,32). The fourth-order valence-corrected chi connectivity index (χ4v) is 3.69. The SMILES string of the molecule is COc1ccc(CN(Cc2ccccc2)Cc2nc(C(=O)NCc3cccnc3)co2)c(OC)c1. The van der Waals surface area contributed by atoms with Crippen molar-refractivity contribution in [1.82, 2.24) is 20.2 Å². The van der Waals surface area contributed by atoms with Crippen LogP contribution in [0.2, 0.25) is 0 Å². The van der Waals surface area contributed by atoms with Gasteiger partial charge in [0.05, 0.1) is 20.8 Å². The van der Waals surface area contributed by atoms with Crippen LogP contribution in [0.3, 0.4) is 0 Å². The number of oxazole rings is 1. The minimum absolute atomic E-state index is 0.241. The molecule has 0 aliphatic heterocycles. The highest BCUT2D eigenvalue weighted by molar-refractivity contribution is 5.91. The first-order valence-corrected chi connectivity index (χ1v) is 11.2. The summed E-state index contributed by atoms with van der Waals surface area (Å²) < 4.78 is 16.6. The number of rotatable bonds is 11. The molecule has 0 radical (unpaired) electrons. The van der Waals surface area contributed by atoms with Crippen LogP contribution in [0.4, 0.5) is 0 Å². The van der Waals surface area contributed by atoms with Gasteiger partial charge in [-0.2, -0.15) is 0 Å². The molecule has 0 saturated heterocycles. The molecule has 0 fully saturated rings. The Hall–Kier alpha value is -4.17. The van der Waals surface area contributed by atoms with Crippen molar-refractivity contribution in [2.24, 2.45) is 0 Å². The average molecular weight is 473 g/mol. The lowest BCUT2D eigenvalue weighted by Crippen LogP contribution is -2.24. The molecule has 0 bridgehead atoms. The molecule has 4 rings (SSSR count). The molecule has 1 N–H and O–H groups in total. The van der Waals surface area contributed by atoms with E-state index in [4.69, 9.17) is 13.9 Å². The Bertz CT molecular complexity index is 1230. The molecule has 2 aromatic carbocycles. The van der Waals surface area contributed by atoms with Gasteiger partial charge in [0.25, 0.3) is 5.91 Å². The van der Waals surface area contributed by atoms with Gasteiger partial charge in [-0.05, 0) is 23.3 Å². The maximum Gasteiger partial charge on any atom is 0.273 e. The van der Waals surface area contributed by atoms with Crippen LogP contribution in [-0.4, -0.2) is 35.0 Å². The van der Waals surface area contributed by atoms with Crippen LogP contribution in [0.1, 0.15) is 33.1 Å². The maximum atomic E-state index is 12.5. The number of hydrogen-bond acceptors (Lipinski definition) is 7. The smallest absolute Gasteiger partial charge is 0.273 e. The van der Waals surface area contributed by atoms with Gasteiger partial charge in [0.2, 0.25) is 5.89 Å². The first kappa shape index (κ1) is 24.0. The van der Waals surface area contributed by atoms with Gasteiger partial charge in [0, 0.05) is 43.7 Å². The number of ether oxygens (including phenoxy) is 2. The average Bonchev–Trinajstić information content (AvgIpc) is 3.37. The summed E-state index contributed by atoms with van der Waals surface area (Å²) in [5.41, 5.74) is 3.31. The Morgan fingerprint density at radius 3 is 2.54 bits per heavy atom. The number of nitrogens with zero attached hydrogens (tertiary/aromatic N) is 3. The molecule has 4 aromatic rings. The van der Waals surface area contributed by atoms with Crippen molar-refractivity contribution in [3.05, 3.63) is 108 Å². The van der Waals surface area contributed by atoms with Crippen molar-refractivity contribution in [2.45, 2.75) is 26.2 Å². The summed E-state index contributed by atoms with van der Waals surface area (Å²) in [5, 5.41) is 2.84. The van der Waals surface area contributed by atoms with Crippen LogP contribution in [0.5, 0.6) is 11.5 Å². The molecule has 35 heavy (non-hydrogen) atoms. The summed E-state index contributed by atoms with van der Waals surface area (Å²) in [7, 11) is 3.27. The van der Waals surface area contributed by atoms with Crippen LogP contribution in [-0.2, 0) is 26.2 Å². The van der Waals surface area contributed by atoms with E-state index in [1.54, 1.807) is 26.6 Å². The Balaban J connectivity index is 1.47. The number of hydrogen-bond donors (Lipinski definition) is 1. The lowest BCUT2D eigenvalue weighted by atomic mass is 10.1. The summed E-state index contributed by atoms with van der Waals surface area (Å²) in [5.74, 6) is 1.63. The highest BCUT2D eigenvalue weighted by atomic mass is 16.5. The van der Waals surface area contributed by atoms with Gasteiger partial charge in [0.15, 0.2) is 5.69 Å². The highest BCUT2D eigenvalue weighted by Crippen LogP contribution is 2.27. The van der Waals surface area contributed by atoms with Gasteiger partial charge in [-0.1, -0.05) is 42.5 Å². The van der Waals surface area contributed by atoms with E-state index < -0.39 is 0 Å². The van der Waals surface area contributed by atoms with Gasteiger partial charge in [0.1, 0.15) is 17.8 Å². The molecular formula is C27H28N4O4. The number of nitrogens with one attached hydrogen (secondary N) is 1. The van der Waals surface area contributed by atoms with E-state index in [-0.39, 0.29) is 11.6 Å². The second kappa shape index (κ2) is 11.8. The van der Waals surface area contributed by atoms with Crippen molar-refractivity contribution in [1.29, 1.82) is 0 Å². The fourth-order valence-electron chi connectivity index (χ4n) is 3.69. The molecular weight excluding hydrogens is 444 g/mol. The second-order valence-electron chi connectivity index (χ2n) is 7.98. The van der Waals surface area contributed by atoms with E-state index in [1.165, 1.54) is 6.26 Å². The molecule has 0 atom stereocenters. The lowest BCUT2D eigenvalue weighted by Gasteiger charge is -2.22.